The van der Waals surface area contributed by atoms with Crippen molar-refractivity contribution in [1.29, 1.82) is 0 Å². The van der Waals surface area contributed by atoms with E-state index in [9.17, 15) is 27.9 Å². The first-order chi connectivity index (χ1) is 16.9. The van der Waals surface area contributed by atoms with E-state index in [0.717, 1.165) is 23.5 Å². The summed E-state index contributed by atoms with van der Waals surface area (Å²) >= 11 is 13.2. The number of carbonyl (C=O) groups excluding carboxylic acids is 1. The number of aromatic nitrogens is 2. The number of halogens is 5. The van der Waals surface area contributed by atoms with Crippen LogP contribution < -0.4 is 15.0 Å². The lowest BCUT2D eigenvalue weighted by Crippen LogP contribution is -2.34. The van der Waals surface area contributed by atoms with Crippen LogP contribution in [-0.2, 0) is 0 Å². The average Bonchev–Trinajstić information content (AvgIpc) is 3.20. The SMILES string of the molecule is Cc1[nH]c(C(=O)NC2[C@H]3CN(c4nc(-c5ccc(OC(F)(F)F)cc5)c(C(=O)O)s4)C[C@@H]23)c(Cl)c1Cl. The Kier molecular flexibility index (Phi) is 6.08. The van der Waals surface area contributed by atoms with Crippen LogP contribution in [-0.4, -0.2) is 52.4 Å². The second-order valence-electron chi connectivity index (χ2n) is 8.54. The van der Waals surface area contributed by atoms with Gasteiger partial charge in [0.1, 0.15) is 16.3 Å². The predicted molar refractivity (Wildman–Crippen MR) is 127 cm³/mol. The predicted octanol–water partition coefficient (Wildman–Crippen LogP) is 5.21. The maximum Gasteiger partial charge on any atom is 0.573 e. The van der Waals surface area contributed by atoms with Gasteiger partial charge in [-0.2, -0.15) is 0 Å². The highest BCUT2D eigenvalue weighted by atomic mass is 35.5. The molecule has 0 spiro atoms. The van der Waals surface area contributed by atoms with E-state index in [-0.39, 0.29) is 45.1 Å². The number of amides is 1. The zero-order valence-corrected chi connectivity index (χ0v) is 20.6. The number of hydrogen-bond donors (Lipinski definition) is 3. The number of aromatic amines is 1. The zero-order valence-electron chi connectivity index (χ0n) is 18.3. The molecule has 1 aliphatic heterocycles. The summed E-state index contributed by atoms with van der Waals surface area (Å²) in [7, 11) is 0. The fourth-order valence-electron chi connectivity index (χ4n) is 4.45. The van der Waals surface area contributed by atoms with Gasteiger partial charge in [-0.1, -0.05) is 34.5 Å². The number of carbonyl (C=O) groups is 2. The molecule has 36 heavy (non-hydrogen) atoms. The zero-order chi connectivity index (χ0) is 25.9. The smallest absolute Gasteiger partial charge is 0.477 e. The summed E-state index contributed by atoms with van der Waals surface area (Å²) in [5.41, 5.74) is 1.34. The highest BCUT2D eigenvalue weighted by molar-refractivity contribution is 7.17. The van der Waals surface area contributed by atoms with Gasteiger partial charge in [0, 0.05) is 42.2 Å². The first-order valence-electron chi connectivity index (χ1n) is 10.6. The summed E-state index contributed by atoms with van der Waals surface area (Å²) in [6.45, 7) is 2.85. The Morgan fingerprint density at radius 2 is 1.83 bits per heavy atom. The normalized spacial score (nSPS) is 20.8. The number of fused-ring (bicyclic) bond motifs is 1. The van der Waals surface area contributed by atoms with E-state index in [2.05, 4.69) is 20.0 Å². The number of alkyl halides is 3. The van der Waals surface area contributed by atoms with E-state index in [4.69, 9.17) is 23.2 Å². The van der Waals surface area contributed by atoms with Crippen LogP contribution in [0.3, 0.4) is 0 Å². The third kappa shape index (κ3) is 4.60. The van der Waals surface area contributed by atoms with Crippen LogP contribution in [0.25, 0.3) is 11.3 Å². The molecule has 3 heterocycles. The molecule has 0 radical (unpaired) electrons. The van der Waals surface area contributed by atoms with Crippen molar-refractivity contribution in [2.24, 2.45) is 11.8 Å². The molecule has 1 saturated heterocycles. The van der Waals surface area contributed by atoms with Crippen LogP contribution in [0.1, 0.15) is 25.9 Å². The van der Waals surface area contributed by atoms with Crippen molar-refractivity contribution >= 4 is 51.5 Å². The maximum atomic E-state index is 12.6. The molecule has 8 nitrogen and oxygen atoms in total. The number of carboxylic acid groups (broad SMARTS) is 1. The van der Waals surface area contributed by atoms with E-state index in [1.54, 1.807) is 6.92 Å². The number of anilines is 1. The quantitative estimate of drug-likeness (QED) is 0.381. The molecule has 2 aromatic heterocycles. The summed E-state index contributed by atoms with van der Waals surface area (Å²) in [5.74, 6) is -1.61. The molecule has 1 unspecified atom stereocenters. The van der Waals surface area contributed by atoms with E-state index >= 15 is 0 Å². The van der Waals surface area contributed by atoms with Crippen molar-refractivity contribution in [2.45, 2.75) is 19.3 Å². The molecule has 190 valence electrons. The van der Waals surface area contributed by atoms with Gasteiger partial charge in [0.25, 0.3) is 5.91 Å². The van der Waals surface area contributed by atoms with E-state index in [1.165, 1.54) is 12.1 Å². The molecule has 2 aliphatic rings. The highest BCUT2D eigenvalue weighted by Crippen LogP contribution is 2.48. The Morgan fingerprint density at radius 1 is 1.19 bits per heavy atom. The Hall–Kier alpha value is -2.96. The summed E-state index contributed by atoms with van der Waals surface area (Å²) in [6, 6.07) is 4.83. The summed E-state index contributed by atoms with van der Waals surface area (Å²) < 4.78 is 41.1. The number of H-pyrrole nitrogens is 1. The van der Waals surface area contributed by atoms with E-state index in [0.29, 0.717) is 34.5 Å². The Morgan fingerprint density at radius 3 is 2.36 bits per heavy atom. The van der Waals surface area contributed by atoms with E-state index in [1.807, 2.05) is 4.90 Å². The third-order valence-electron chi connectivity index (χ3n) is 6.21. The van der Waals surface area contributed by atoms with Gasteiger partial charge in [-0.3, -0.25) is 4.79 Å². The lowest BCUT2D eigenvalue weighted by atomic mass is 10.1. The molecule has 1 saturated carbocycles. The number of aryl methyl sites for hydroxylation is 1. The van der Waals surface area contributed by atoms with Crippen molar-refractivity contribution in [3.63, 3.8) is 0 Å². The molecule has 1 amide bonds. The first-order valence-corrected chi connectivity index (χ1v) is 12.2. The Bertz CT molecular complexity index is 1350. The average molecular weight is 561 g/mol. The third-order valence-corrected chi connectivity index (χ3v) is 8.27. The number of piperidine rings is 1. The minimum Gasteiger partial charge on any atom is -0.477 e. The van der Waals surface area contributed by atoms with Crippen LogP contribution in [0.4, 0.5) is 18.3 Å². The van der Waals surface area contributed by atoms with Crippen molar-refractivity contribution in [3.8, 4) is 17.0 Å². The van der Waals surface area contributed by atoms with Crippen molar-refractivity contribution in [3.05, 3.63) is 50.6 Å². The number of aromatic carboxylic acids is 1. The first kappa shape index (κ1) is 24.7. The fraction of sp³-hybridized carbons (Fsp3) is 0.318. The number of nitrogens with zero attached hydrogens (tertiary/aromatic N) is 2. The number of rotatable bonds is 6. The van der Waals surface area contributed by atoms with Gasteiger partial charge in [-0.15, -0.1) is 13.2 Å². The number of hydrogen-bond acceptors (Lipinski definition) is 6. The molecule has 3 atom stereocenters. The monoisotopic (exact) mass is 560 g/mol. The number of nitrogens with one attached hydrogen (secondary N) is 2. The van der Waals surface area contributed by atoms with E-state index < -0.39 is 18.1 Å². The van der Waals surface area contributed by atoms with Gasteiger partial charge in [0.15, 0.2) is 5.13 Å². The minimum absolute atomic E-state index is 0.0199. The minimum atomic E-state index is -4.82. The number of benzene rings is 1. The molecule has 5 rings (SSSR count). The molecule has 1 aliphatic carbocycles. The molecule has 14 heteroatoms. The van der Waals surface area contributed by atoms with Gasteiger partial charge < -0.3 is 25.0 Å². The summed E-state index contributed by atoms with van der Waals surface area (Å²) in [6.07, 6.45) is -4.82. The number of carboxylic acids is 1. The Labute approximate surface area is 216 Å². The lowest BCUT2D eigenvalue weighted by Gasteiger charge is -2.19. The topological polar surface area (TPSA) is 108 Å². The second kappa shape index (κ2) is 8.86. The van der Waals surface area contributed by atoms with Gasteiger partial charge in [-0.25, -0.2) is 9.78 Å². The largest absolute Gasteiger partial charge is 0.573 e. The second-order valence-corrected chi connectivity index (χ2v) is 10.3. The number of ether oxygens (including phenoxy) is 1. The summed E-state index contributed by atoms with van der Waals surface area (Å²) in [4.78, 5) is 33.7. The van der Waals surface area contributed by atoms with Gasteiger partial charge >= 0.3 is 12.3 Å². The van der Waals surface area contributed by atoms with Gasteiger partial charge in [0.05, 0.1) is 15.7 Å². The Balaban J connectivity index is 1.27. The van der Waals surface area contributed by atoms with Crippen LogP contribution in [0, 0.1) is 18.8 Å². The van der Waals surface area contributed by atoms with Crippen LogP contribution >= 0.6 is 34.5 Å². The molecular weight excluding hydrogens is 544 g/mol. The van der Waals surface area contributed by atoms with Crippen LogP contribution in [0.15, 0.2) is 24.3 Å². The van der Waals surface area contributed by atoms with Crippen molar-refractivity contribution < 1.29 is 32.6 Å². The molecule has 0 bridgehead atoms. The van der Waals surface area contributed by atoms with Crippen LogP contribution in [0.2, 0.25) is 10.0 Å². The lowest BCUT2D eigenvalue weighted by molar-refractivity contribution is -0.274. The number of thiazole rings is 1. The molecule has 1 aromatic carbocycles. The maximum absolute atomic E-state index is 12.6. The molecule has 2 fully saturated rings. The summed E-state index contributed by atoms with van der Waals surface area (Å²) in [5, 5.41) is 13.6. The molecule has 3 aromatic rings. The van der Waals surface area contributed by atoms with Gasteiger partial charge in [0.2, 0.25) is 0 Å². The van der Waals surface area contributed by atoms with Crippen molar-refractivity contribution in [2.75, 3.05) is 18.0 Å². The highest BCUT2D eigenvalue weighted by Gasteiger charge is 2.57. The van der Waals surface area contributed by atoms with Crippen LogP contribution in [0.5, 0.6) is 5.75 Å². The molecule has 3 N–H and O–H groups in total. The standard InChI is InChI=1S/C22H17Cl2F3N4O4S/c1-8-13(23)14(24)17(28-8)19(32)29-16-11-6-31(7-12(11)16)21-30-15(18(36-21)20(33)34)9-2-4-10(5-3-9)35-22(25,26)27/h2-5,11-12,16,28H,6-7H2,1H3,(H,29,32)(H,33,34)/t11-,12+,16?. The molecular formula is C22H17Cl2F3N4O4S. The van der Waals surface area contributed by atoms with Crippen molar-refractivity contribution in [1.82, 2.24) is 15.3 Å². The fourth-order valence-corrected chi connectivity index (χ4v) is 5.81. The van der Waals surface area contributed by atoms with Gasteiger partial charge in [-0.05, 0) is 31.2 Å².